The van der Waals surface area contributed by atoms with Gasteiger partial charge in [0, 0.05) is 12.6 Å². The Morgan fingerprint density at radius 3 is 2.70 bits per heavy atom. The Morgan fingerprint density at radius 1 is 1.40 bits per heavy atom. The van der Waals surface area contributed by atoms with Crippen LogP contribution in [-0.4, -0.2) is 17.3 Å². The van der Waals surface area contributed by atoms with Crippen LogP contribution >= 0.6 is 0 Å². The van der Waals surface area contributed by atoms with E-state index in [1.54, 1.807) is 12.1 Å². The van der Waals surface area contributed by atoms with Gasteiger partial charge in [-0.15, -0.1) is 0 Å². The summed E-state index contributed by atoms with van der Waals surface area (Å²) >= 11 is 0. The number of halogens is 1. The molecule has 1 unspecified atom stereocenters. The van der Waals surface area contributed by atoms with Crippen LogP contribution in [-0.2, 0) is 0 Å². The van der Waals surface area contributed by atoms with Crippen LogP contribution < -0.4 is 5.32 Å². The van der Waals surface area contributed by atoms with Crippen molar-refractivity contribution in [2.45, 2.75) is 57.6 Å². The van der Waals surface area contributed by atoms with Crippen molar-refractivity contribution in [2.24, 2.45) is 5.92 Å². The van der Waals surface area contributed by atoms with Gasteiger partial charge in [0.25, 0.3) is 0 Å². The molecule has 0 spiro atoms. The van der Waals surface area contributed by atoms with Crippen molar-refractivity contribution in [1.29, 1.82) is 0 Å². The molecule has 1 fully saturated rings. The van der Waals surface area contributed by atoms with E-state index >= 15 is 0 Å². The summed E-state index contributed by atoms with van der Waals surface area (Å²) < 4.78 is 13.3. The first-order chi connectivity index (χ1) is 9.52. The first-order valence-electron chi connectivity index (χ1n) is 7.73. The van der Waals surface area contributed by atoms with Crippen LogP contribution in [0.25, 0.3) is 0 Å². The maximum atomic E-state index is 13.3. The summed E-state index contributed by atoms with van der Waals surface area (Å²) in [4.78, 5) is 0. The molecule has 0 bridgehead atoms. The van der Waals surface area contributed by atoms with E-state index in [1.807, 2.05) is 6.07 Å². The van der Waals surface area contributed by atoms with Crippen LogP contribution in [0.1, 0.15) is 57.6 Å². The maximum Gasteiger partial charge on any atom is 0.123 e. The van der Waals surface area contributed by atoms with Gasteiger partial charge >= 0.3 is 0 Å². The maximum absolute atomic E-state index is 13.3. The van der Waals surface area contributed by atoms with Crippen molar-refractivity contribution in [1.82, 2.24) is 5.32 Å². The third kappa shape index (κ3) is 4.03. The minimum absolute atomic E-state index is 0.106. The van der Waals surface area contributed by atoms with Crippen molar-refractivity contribution in [3.05, 3.63) is 35.6 Å². The molecule has 1 aliphatic carbocycles. The second-order valence-corrected chi connectivity index (χ2v) is 6.30. The van der Waals surface area contributed by atoms with Gasteiger partial charge in [-0.05, 0) is 55.7 Å². The highest BCUT2D eigenvalue weighted by Crippen LogP contribution is 2.32. The van der Waals surface area contributed by atoms with Gasteiger partial charge in [-0.2, -0.15) is 0 Å². The summed E-state index contributed by atoms with van der Waals surface area (Å²) in [5.41, 5.74) is 0.369. The molecule has 1 aliphatic rings. The lowest BCUT2D eigenvalue weighted by atomic mass is 9.79. The van der Waals surface area contributed by atoms with E-state index in [4.69, 9.17) is 0 Å². The first-order valence-corrected chi connectivity index (χ1v) is 7.73. The zero-order chi connectivity index (χ0) is 14.6. The van der Waals surface area contributed by atoms with E-state index < -0.39 is 5.60 Å². The monoisotopic (exact) mass is 279 g/mol. The zero-order valence-corrected chi connectivity index (χ0v) is 12.5. The zero-order valence-electron chi connectivity index (χ0n) is 12.5. The molecule has 1 aromatic rings. The highest BCUT2D eigenvalue weighted by atomic mass is 19.1. The summed E-state index contributed by atoms with van der Waals surface area (Å²) in [6.45, 7) is 4.92. The average molecular weight is 279 g/mol. The number of nitrogens with one attached hydrogen (secondary N) is 1. The van der Waals surface area contributed by atoms with Crippen molar-refractivity contribution in [3.63, 3.8) is 0 Å². The highest BCUT2D eigenvalue weighted by Gasteiger charge is 2.32. The molecule has 2 rings (SSSR count). The van der Waals surface area contributed by atoms with Gasteiger partial charge in [-0.1, -0.05) is 26.0 Å². The largest absolute Gasteiger partial charge is 0.389 e. The van der Waals surface area contributed by atoms with Gasteiger partial charge in [0.15, 0.2) is 0 Å². The average Bonchev–Trinajstić information content (AvgIpc) is 2.43. The molecule has 0 amide bonds. The van der Waals surface area contributed by atoms with Crippen molar-refractivity contribution in [2.75, 3.05) is 6.54 Å². The molecule has 1 saturated carbocycles. The molecule has 20 heavy (non-hydrogen) atoms. The summed E-state index contributed by atoms with van der Waals surface area (Å²) in [5, 5.41) is 14.0. The van der Waals surface area contributed by atoms with Gasteiger partial charge in [-0.25, -0.2) is 4.39 Å². The molecular formula is C17H26FNO. The van der Waals surface area contributed by atoms with Gasteiger partial charge < -0.3 is 10.4 Å². The van der Waals surface area contributed by atoms with E-state index in [0.29, 0.717) is 6.54 Å². The smallest absolute Gasteiger partial charge is 0.123 e. The summed E-state index contributed by atoms with van der Waals surface area (Å²) in [6, 6.07) is 6.83. The van der Waals surface area contributed by atoms with Crippen LogP contribution in [0.3, 0.4) is 0 Å². The van der Waals surface area contributed by atoms with E-state index in [-0.39, 0.29) is 11.9 Å². The molecular weight excluding hydrogens is 253 g/mol. The fourth-order valence-corrected chi connectivity index (χ4v) is 3.01. The van der Waals surface area contributed by atoms with Crippen LogP contribution in [0.5, 0.6) is 0 Å². The van der Waals surface area contributed by atoms with Crippen molar-refractivity contribution in [3.8, 4) is 0 Å². The Balaban J connectivity index is 1.94. The van der Waals surface area contributed by atoms with E-state index in [1.165, 1.54) is 6.07 Å². The standard InChI is InChI=1S/C17H26FNO/c1-3-16(14-5-4-6-15(18)11-14)19-12-17(20)9-7-13(2)8-10-17/h4-6,11,13,16,19-20H,3,7-10,12H2,1-2H3. The minimum Gasteiger partial charge on any atom is -0.389 e. The number of hydrogen-bond donors (Lipinski definition) is 2. The van der Waals surface area contributed by atoms with Crippen LogP contribution in [0.2, 0.25) is 0 Å². The van der Waals surface area contributed by atoms with Gasteiger partial charge in [0.2, 0.25) is 0 Å². The molecule has 3 heteroatoms. The third-order valence-electron chi connectivity index (χ3n) is 4.54. The second kappa shape index (κ2) is 6.68. The van der Waals surface area contributed by atoms with E-state index in [9.17, 15) is 9.50 Å². The molecule has 1 aromatic carbocycles. The predicted octanol–water partition coefficient (Wildman–Crippen LogP) is 3.81. The fourth-order valence-electron chi connectivity index (χ4n) is 3.01. The lowest BCUT2D eigenvalue weighted by molar-refractivity contribution is -0.00831. The SMILES string of the molecule is CCC(NCC1(O)CCC(C)CC1)c1cccc(F)c1. The summed E-state index contributed by atoms with van der Waals surface area (Å²) in [7, 11) is 0. The Kier molecular flexibility index (Phi) is 5.17. The molecule has 0 aliphatic heterocycles. The topological polar surface area (TPSA) is 32.3 Å². The predicted molar refractivity (Wildman–Crippen MR) is 80.0 cm³/mol. The normalized spacial score (nSPS) is 28.3. The second-order valence-electron chi connectivity index (χ2n) is 6.30. The molecule has 0 radical (unpaired) electrons. The fraction of sp³-hybridized carbons (Fsp3) is 0.647. The molecule has 0 saturated heterocycles. The van der Waals surface area contributed by atoms with E-state index in [0.717, 1.165) is 43.6 Å². The van der Waals surface area contributed by atoms with Crippen molar-refractivity contribution >= 4 is 0 Å². The number of rotatable bonds is 5. The van der Waals surface area contributed by atoms with Gasteiger partial charge in [0.05, 0.1) is 5.60 Å². The molecule has 2 N–H and O–H groups in total. The van der Waals surface area contributed by atoms with Crippen LogP contribution in [0.15, 0.2) is 24.3 Å². The quantitative estimate of drug-likeness (QED) is 0.859. The summed E-state index contributed by atoms with van der Waals surface area (Å²) in [6.07, 6.45) is 4.79. The first kappa shape index (κ1) is 15.5. The van der Waals surface area contributed by atoms with Gasteiger partial charge in [-0.3, -0.25) is 0 Å². The van der Waals surface area contributed by atoms with E-state index in [2.05, 4.69) is 19.2 Å². The highest BCUT2D eigenvalue weighted by molar-refractivity contribution is 5.20. The Labute approximate surface area is 121 Å². The third-order valence-corrected chi connectivity index (χ3v) is 4.54. The Bertz CT molecular complexity index is 427. The Morgan fingerprint density at radius 2 is 2.10 bits per heavy atom. The number of hydrogen-bond acceptors (Lipinski definition) is 2. The minimum atomic E-state index is -0.590. The molecule has 1 atom stereocenters. The molecule has 2 nitrogen and oxygen atoms in total. The molecule has 0 heterocycles. The molecule has 112 valence electrons. The Hall–Kier alpha value is -0.930. The number of aliphatic hydroxyl groups is 1. The summed E-state index contributed by atoms with van der Waals surface area (Å²) in [5.74, 6) is 0.522. The lowest BCUT2D eigenvalue weighted by Gasteiger charge is -2.36. The lowest BCUT2D eigenvalue weighted by Crippen LogP contribution is -2.44. The van der Waals surface area contributed by atoms with Crippen LogP contribution in [0, 0.1) is 11.7 Å². The van der Waals surface area contributed by atoms with Crippen molar-refractivity contribution < 1.29 is 9.50 Å². The van der Waals surface area contributed by atoms with Gasteiger partial charge in [0.1, 0.15) is 5.82 Å². The van der Waals surface area contributed by atoms with Crippen LogP contribution in [0.4, 0.5) is 4.39 Å². The molecule has 0 aromatic heterocycles. The number of benzene rings is 1.